The minimum Gasteiger partial charge on any atom is -0.292 e. The van der Waals surface area contributed by atoms with Crippen LogP contribution in [-0.4, -0.2) is 10.8 Å². The van der Waals surface area contributed by atoms with Gasteiger partial charge in [0.25, 0.3) is 0 Å². The molecule has 0 saturated heterocycles. The Bertz CT molecular complexity index is 745. The van der Waals surface area contributed by atoms with E-state index in [0.717, 1.165) is 10.4 Å². The first kappa shape index (κ1) is 12.1. The highest BCUT2D eigenvalue weighted by atomic mass is 32.1. The van der Waals surface area contributed by atoms with Crippen LogP contribution in [-0.2, 0) is 0 Å². The molecule has 2 nitrogen and oxygen atoms in total. The van der Waals surface area contributed by atoms with E-state index in [-0.39, 0.29) is 5.78 Å². The number of thiazole rings is 1. The van der Waals surface area contributed by atoms with Crippen molar-refractivity contribution in [3.8, 4) is 10.4 Å². The molecule has 0 aliphatic rings. The van der Waals surface area contributed by atoms with E-state index in [1.54, 1.807) is 6.20 Å². The lowest BCUT2D eigenvalue weighted by molar-refractivity contribution is 0.0988. The van der Waals surface area contributed by atoms with Crippen molar-refractivity contribution in [3.05, 3.63) is 53.7 Å². The number of carbonyl (C=O) groups excluding carboxylic acids is 1. The highest BCUT2D eigenvalue weighted by Gasteiger charge is 2.10. The fourth-order valence-electron chi connectivity index (χ4n) is 2.03. The summed E-state index contributed by atoms with van der Waals surface area (Å²) in [6.07, 6.45) is 2.29. The molecule has 94 valence electrons. The van der Waals surface area contributed by atoms with Crippen molar-refractivity contribution < 1.29 is 4.79 Å². The van der Waals surface area contributed by atoms with E-state index >= 15 is 0 Å². The molecule has 0 spiro atoms. The molecular formula is C16H13NOS. The van der Waals surface area contributed by atoms with Gasteiger partial charge < -0.3 is 0 Å². The highest BCUT2D eigenvalue weighted by Crippen LogP contribution is 2.29. The lowest BCUT2D eigenvalue weighted by Gasteiger charge is -2.00. The van der Waals surface area contributed by atoms with E-state index < -0.39 is 0 Å². The number of rotatable bonds is 3. The number of aromatic nitrogens is 1. The van der Waals surface area contributed by atoms with Gasteiger partial charge in [-0.2, -0.15) is 0 Å². The molecule has 0 radical (unpaired) electrons. The van der Waals surface area contributed by atoms with E-state index in [2.05, 4.69) is 35.3 Å². The zero-order chi connectivity index (χ0) is 13.2. The lowest BCUT2D eigenvalue weighted by Crippen LogP contribution is -1.93. The summed E-state index contributed by atoms with van der Waals surface area (Å²) in [5, 5.41) is 3.03. The Morgan fingerprint density at radius 3 is 2.74 bits per heavy atom. The molecule has 2 aromatic carbocycles. The van der Waals surface area contributed by atoms with Crippen LogP contribution in [0.4, 0.5) is 0 Å². The second-order valence-corrected chi connectivity index (χ2v) is 5.40. The normalized spacial score (nSPS) is 10.8. The van der Waals surface area contributed by atoms with Gasteiger partial charge in [0.15, 0.2) is 10.8 Å². The molecule has 1 aromatic heterocycles. The van der Waals surface area contributed by atoms with Crippen LogP contribution < -0.4 is 0 Å². The molecule has 3 aromatic rings. The van der Waals surface area contributed by atoms with Crippen molar-refractivity contribution in [2.75, 3.05) is 0 Å². The summed E-state index contributed by atoms with van der Waals surface area (Å²) in [6.45, 7) is 1.86. The summed E-state index contributed by atoms with van der Waals surface area (Å²) < 4.78 is 0. The van der Waals surface area contributed by atoms with Gasteiger partial charge in [-0.15, -0.1) is 11.3 Å². The molecule has 3 heteroatoms. The maximum Gasteiger partial charge on any atom is 0.191 e. The van der Waals surface area contributed by atoms with E-state index in [1.807, 2.05) is 19.1 Å². The van der Waals surface area contributed by atoms with E-state index in [0.29, 0.717) is 11.4 Å². The summed E-state index contributed by atoms with van der Waals surface area (Å²) in [6, 6.07) is 14.6. The number of fused-ring (bicyclic) bond motifs is 1. The SMILES string of the molecule is CCC(=O)c1ncc(-c2ccc3ccccc3c2)s1. The van der Waals surface area contributed by atoms with Crippen LogP contribution in [0.1, 0.15) is 23.1 Å². The van der Waals surface area contributed by atoms with Crippen LogP contribution in [0, 0.1) is 0 Å². The Kier molecular flexibility index (Phi) is 3.13. The van der Waals surface area contributed by atoms with E-state index in [1.165, 1.54) is 22.1 Å². The summed E-state index contributed by atoms with van der Waals surface area (Å²) in [5.41, 5.74) is 1.12. The highest BCUT2D eigenvalue weighted by molar-refractivity contribution is 7.17. The lowest BCUT2D eigenvalue weighted by atomic mass is 10.1. The molecular weight excluding hydrogens is 254 g/mol. The molecule has 0 unspecified atom stereocenters. The summed E-state index contributed by atoms with van der Waals surface area (Å²) in [4.78, 5) is 16.9. The number of benzene rings is 2. The third kappa shape index (κ3) is 2.29. The van der Waals surface area contributed by atoms with Crippen molar-refractivity contribution in [2.45, 2.75) is 13.3 Å². The molecule has 0 aliphatic carbocycles. The molecule has 1 heterocycles. The minimum absolute atomic E-state index is 0.108. The largest absolute Gasteiger partial charge is 0.292 e. The van der Waals surface area contributed by atoms with Crippen molar-refractivity contribution in [1.29, 1.82) is 0 Å². The maximum atomic E-state index is 11.6. The molecule has 0 bridgehead atoms. The number of carbonyl (C=O) groups is 1. The number of Topliss-reactive ketones (excluding diaryl/α,β-unsaturated/α-hetero) is 1. The average molecular weight is 267 g/mol. The van der Waals surface area contributed by atoms with Gasteiger partial charge in [0.05, 0.1) is 4.88 Å². The Morgan fingerprint density at radius 1 is 1.16 bits per heavy atom. The van der Waals surface area contributed by atoms with Crippen molar-refractivity contribution in [3.63, 3.8) is 0 Å². The van der Waals surface area contributed by atoms with Crippen LogP contribution in [0.3, 0.4) is 0 Å². The summed E-state index contributed by atoms with van der Waals surface area (Å²) >= 11 is 1.47. The Hall–Kier alpha value is -2.00. The first-order valence-corrected chi connectivity index (χ1v) is 7.08. The molecule has 0 fully saturated rings. The number of hydrogen-bond donors (Lipinski definition) is 0. The van der Waals surface area contributed by atoms with E-state index in [9.17, 15) is 4.79 Å². The predicted octanol–water partition coefficient (Wildman–Crippen LogP) is 4.56. The van der Waals surface area contributed by atoms with Gasteiger partial charge in [-0.05, 0) is 22.4 Å². The topological polar surface area (TPSA) is 30.0 Å². The van der Waals surface area contributed by atoms with Gasteiger partial charge in [0.1, 0.15) is 0 Å². The zero-order valence-electron chi connectivity index (χ0n) is 10.6. The maximum absolute atomic E-state index is 11.6. The van der Waals surface area contributed by atoms with Crippen molar-refractivity contribution >= 4 is 27.9 Å². The molecule has 19 heavy (non-hydrogen) atoms. The van der Waals surface area contributed by atoms with Gasteiger partial charge in [-0.1, -0.05) is 43.3 Å². The fraction of sp³-hybridized carbons (Fsp3) is 0.125. The second kappa shape index (κ2) is 4.94. The average Bonchev–Trinajstić information content (AvgIpc) is 2.95. The fourth-order valence-corrected chi connectivity index (χ4v) is 2.95. The predicted molar refractivity (Wildman–Crippen MR) is 79.7 cm³/mol. The number of ketones is 1. The Morgan fingerprint density at radius 2 is 1.95 bits per heavy atom. The molecule has 0 aliphatic heterocycles. The molecule has 0 atom stereocenters. The Balaban J connectivity index is 2.04. The van der Waals surface area contributed by atoms with Gasteiger partial charge in [-0.25, -0.2) is 4.98 Å². The second-order valence-electron chi connectivity index (χ2n) is 4.37. The van der Waals surface area contributed by atoms with Crippen molar-refractivity contribution in [2.24, 2.45) is 0 Å². The third-order valence-corrected chi connectivity index (χ3v) is 4.19. The van der Waals surface area contributed by atoms with Crippen LogP contribution in [0.25, 0.3) is 21.2 Å². The minimum atomic E-state index is 0.108. The van der Waals surface area contributed by atoms with Gasteiger partial charge in [0, 0.05) is 12.6 Å². The first-order chi connectivity index (χ1) is 9.28. The van der Waals surface area contributed by atoms with E-state index in [4.69, 9.17) is 0 Å². The standard InChI is InChI=1S/C16H13NOS/c1-2-14(18)16-17-10-15(19-16)13-8-7-11-5-3-4-6-12(11)9-13/h3-10H,2H2,1H3. The molecule has 3 rings (SSSR count). The Labute approximate surface area is 115 Å². The van der Waals surface area contributed by atoms with Gasteiger partial charge in [-0.3, -0.25) is 4.79 Å². The van der Waals surface area contributed by atoms with Crippen LogP contribution in [0.5, 0.6) is 0 Å². The van der Waals surface area contributed by atoms with Crippen LogP contribution in [0.15, 0.2) is 48.7 Å². The zero-order valence-corrected chi connectivity index (χ0v) is 11.4. The smallest absolute Gasteiger partial charge is 0.191 e. The summed E-state index contributed by atoms with van der Waals surface area (Å²) in [5.74, 6) is 0.108. The molecule has 0 N–H and O–H groups in total. The quantitative estimate of drug-likeness (QED) is 0.651. The van der Waals surface area contributed by atoms with Crippen LogP contribution in [0.2, 0.25) is 0 Å². The van der Waals surface area contributed by atoms with Gasteiger partial charge >= 0.3 is 0 Å². The van der Waals surface area contributed by atoms with Gasteiger partial charge in [0.2, 0.25) is 0 Å². The molecule has 0 saturated carbocycles. The monoisotopic (exact) mass is 267 g/mol. The van der Waals surface area contributed by atoms with Crippen LogP contribution >= 0.6 is 11.3 Å². The first-order valence-electron chi connectivity index (χ1n) is 6.26. The molecule has 0 amide bonds. The summed E-state index contributed by atoms with van der Waals surface area (Å²) in [7, 11) is 0. The number of nitrogens with zero attached hydrogens (tertiary/aromatic N) is 1. The number of hydrogen-bond acceptors (Lipinski definition) is 3. The third-order valence-electron chi connectivity index (χ3n) is 3.10. The van der Waals surface area contributed by atoms with Crippen molar-refractivity contribution in [1.82, 2.24) is 4.98 Å².